The lowest BCUT2D eigenvalue weighted by atomic mass is 9.69. The van der Waals surface area contributed by atoms with Crippen molar-refractivity contribution in [3.8, 4) is 0 Å². The number of nitrogens with two attached hydrogens (primary N) is 1. The van der Waals surface area contributed by atoms with Crippen LogP contribution in [0.15, 0.2) is 17.2 Å². The van der Waals surface area contributed by atoms with Crippen molar-refractivity contribution in [2.45, 2.75) is 64.2 Å². The highest BCUT2D eigenvalue weighted by Crippen LogP contribution is 2.45. The van der Waals surface area contributed by atoms with Crippen molar-refractivity contribution in [1.29, 1.82) is 0 Å². The summed E-state index contributed by atoms with van der Waals surface area (Å²) in [6, 6.07) is 4.36. The molecule has 1 fully saturated rings. The molecule has 0 aromatic carbocycles. The lowest BCUT2D eigenvalue weighted by Gasteiger charge is -2.41. The van der Waals surface area contributed by atoms with Crippen LogP contribution in [-0.2, 0) is 0 Å². The Morgan fingerprint density at radius 2 is 1.95 bits per heavy atom. The average Bonchev–Trinajstić information content (AvgIpc) is 2.36. The Bertz CT molecular complexity index is 458. The quantitative estimate of drug-likeness (QED) is 0.888. The topological polar surface area (TPSA) is 38.9 Å². The standard InChI is InChI=1S/C18H30N2S/c1-12-8-13(2)20-17(9-12)21-16-10-15(18(3,4)5)7-6-14(16)11-19/h8-9,14-16H,6-7,10-11,19H2,1-5H3. The Morgan fingerprint density at radius 1 is 1.24 bits per heavy atom. The fourth-order valence-electron chi connectivity index (χ4n) is 3.41. The molecular weight excluding hydrogens is 276 g/mol. The minimum Gasteiger partial charge on any atom is -0.330 e. The summed E-state index contributed by atoms with van der Waals surface area (Å²) in [6.45, 7) is 12.2. The molecule has 0 amide bonds. The highest BCUT2D eigenvalue weighted by atomic mass is 32.2. The minimum absolute atomic E-state index is 0.397. The van der Waals surface area contributed by atoms with Crippen molar-refractivity contribution in [3.05, 3.63) is 23.4 Å². The first-order valence-corrected chi connectivity index (χ1v) is 8.99. The van der Waals surface area contributed by atoms with Gasteiger partial charge >= 0.3 is 0 Å². The number of aromatic nitrogens is 1. The predicted octanol–water partition coefficient (Wildman–Crippen LogP) is 4.58. The van der Waals surface area contributed by atoms with Gasteiger partial charge in [-0.15, -0.1) is 11.8 Å². The Balaban J connectivity index is 2.14. The maximum absolute atomic E-state index is 6.03. The van der Waals surface area contributed by atoms with Crippen molar-refractivity contribution < 1.29 is 0 Å². The third kappa shape index (κ3) is 4.46. The first-order valence-electron chi connectivity index (χ1n) is 8.11. The highest BCUT2D eigenvalue weighted by Gasteiger charge is 2.35. The summed E-state index contributed by atoms with van der Waals surface area (Å²) >= 11 is 1.95. The Kier molecular flexibility index (Phi) is 5.37. The number of aryl methyl sites for hydroxylation is 2. The third-order valence-corrected chi connectivity index (χ3v) is 6.13. The van der Waals surface area contributed by atoms with Crippen LogP contribution in [0.4, 0.5) is 0 Å². The van der Waals surface area contributed by atoms with Crippen LogP contribution in [0.3, 0.4) is 0 Å². The molecule has 3 unspecified atom stereocenters. The van der Waals surface area contributed by atoms with E-state index < -0.39 is 0 Å². The molecular formula is C18H30N2S. The molecule has 2 N–H and O–H groups in total. The molecule has 0 radical (unpaired) electrons. The molecule has 2 rings (SSSR count). The molecule has 1 aromatic heterocycles. The molecule has 0 aliphatic heterocycles. The molecule has 2 nitrogen and oxygen atoms in total. The third-order valence-electron chi connectivity index (χ3n) is 4.80. The van der Waals surface area contributed by atoms with E-state index in [1.54, 1.807) is 0 Å². The summed E-state index contributed by atoms with van der Waals surface area (Å²) in [7, 11) is 0. The largest absolute Gasteiger partial charge is 0.330 e. The van der Waals surface area contributed by atoms with E-state index in [1.807, 2.05) is 11.8 Å². The number of pyridine rings is 1. The lowest BCUT2D eigenvalue weighted by molar-refractivity contribution is 0.157. The van der Waals surface area contributed by atoms with E-state index >= 15 is 0 Å². The SMILES string of the molecule is Cc1cc(C)nc(SC2CC(C(C)(C)C)CCC2CN)c1. The zero-order valence-corrected chi connectivity index (χ0v) is 15.0. The second-order valence-corrected chi connectivity index (χ2v) is 8.91. The number of hydrogen-bond donors (Lipinski definition) is 1. The molecule has 21 heavy (non-hydrogen) atoms. The molecule has 3 heteroatoms. The van der Waals surface area contributed by atoms with Gasteiger partial charge in [0.2, 0.25) is 0 Å². The second-order valence-electron chi connectivity index (χ2n) is 7.65. The normalized spacial score (nSPS) is 26.9. The Hall–Kier alpha value is -0.540. The number of nitrogens with zero attached hydrogens (tertiary/aromatic N) is 1. The van der Waals surface area contributed by atoms with Crippen molar-refractivity contribution in [3.63, 3.8) is 0 Å². The van der Waals surface area contributed by atoms with Gasteiger partial charge in [0.25, 0.3) is 0 Å². The maximum Gasteiger partial charge on any atom is 0.0968 e. The second kappa shape index (κ2) is 6.70. The van der Waals surface area contributed by atoms with Crippen molar-refractivity contribution in [1.82, 2.24) is 4.98 Å². The minimum atomic E-state index is 0.397. The van der Waals surface area contributed by atoms with Crippen LogP contribution in [0.5, 0.6) is 0 Å². The van der Waals surface area contributed by atoms with Crippen LogP contribution in [-0.4, -0.2) is 16.8 Å². The zero-order valence-electron chi connectivity index (χ0n) is 14.1. The van der Waals surface area contributed by atoms with Crippen LogP contribution in [0.2, 0.25) is 0 Å². The smallest absolute Gasteiger partial charge is 0.0968 e. The van der Waals surface area contributed by atoms with Gasteiger partial charge in [-0.2, -0.15) is 0 Å². The van der Waals surface area contributed by atoms with Gasteiger partial charge in [-0.05, 0) is 74.6 Å². The van der Waals surface area contributed by atoms with E-state index in [9.17, 15) is 0 Å². The lowest BCUT2D eigenvalue weighted by Crippen LogP contribution is -2.36. The van der Waals surface area contributed by atoms with Gasteiger partial charge in [0.1, 0.15) is 0 Å². The molecule has 0 saturated heterocycles. The van der Waals surface area contributed by atoms with Gasteiger partial charge in [0, 0.05) is 10.9 Å². The summed E-state index contributed by atoms with van der Waals surface area (Å²) in [5.74, 6) is 1.43. The van der Waals surface area contributed by atoms with E-state index in [0.29, 0.717) is 16.6 Å². The van der Waals surface area contributed by atoms with Crippen molar-refractivity contribution >= 4 is 11.8 Å². The zero-order chi connectivity index (χ0) is 15.6. The fraction of sp³-hybridized carbons (Fsp3) is 0.722. The van der Waals surface area contributed by atoms with Crippen LogP contribution in [0.1, 0.15) is 51.3 Å². The van der Waals surface area contributed by atoms with E-state index in [4.69, 9.17) is 10.7 Å². The van der Waals surface area contributed by atoms with Crippen LogP contribution < -0.4 is 5.73 Å². The summed E-state index contributed by atoms with van der Waals surface area (Å²) < 4.78 is 0. The molecule has 1 heterocycles. The molecule has 1 aromatic rings. The monoisotopic (exact) mass is 306 g/mol. The van der Waals surface area contributed by atoms with E-state index in [1.165, 1.54) is 29.9 Å². The van der Waals surface area contributed by atoms with Crippen molar-refractivity contribution in [2.75, 3.05) is 6.54 Å². The van der Waals surface area contributed by atoms with Gasteiger partial charge in [-0.25, -0.2) is 4.98 Å². The van der Waals surface area contributed by atoms with Crippen molar-refractivity contribution in [2.24, 2.45) is 23.0 Å². The molecule has 118 valence electrons. The first-order chi connectivity index (χ1) is 9.79. The molecule has 0 spiro atoms. The molecule has 3 atom stereocenters. The molecule has 1 aliphatic rings. The number of rotatable bonds is 3. The summed E-state index contributed by atoms with van der Waals surface area (Å²) in [5.41, 5.74) is 8.84. The van der Waals surface area contributed by atoms with Crippen LogP contribution >= 0.6 is 11.8 Å². The summed E-state index contributed by atoms with van der Waals surface area (Å²) in [5, 5.41) is 1.78. The van der Waals surface area contributed by atoms with E-state index in [-0.39, 0.29) is 0 Å². The predicted molar refractivity (Wildman–Crippen MR) is 92.7 cm³/mol. The highest BCUT2D eigenvalue weighted by molar-refractivity contribution is 7.99. The average molecular weight is 307 g/mol. The first kappa shape index (κ1) is 16.8. The van der Waals surface area contributed by atoms with Gasteiger partial charge < -0.3 is 5.73 Å². The Labute approximate surface area is 134 Å². The van der Waals surface area contributed by atoms with E-state index in [0.717, 1.165) is 18.2 Å². The number of thioether (sulfide) groups is 1. The number of hydrogen-bond acceptors (Lipinski definition) is 3. The molecule has 1 saturated carbocycles. The van der Waals surface area contributed by atoms with Gasteiger partial charge in [-0.1, -0.05) is 20.8 Å². The fourth-order valence-corrected chi connectivity index (χ4v) is 4.94. The molecule has 0 bridgehead atoms. The Morgan fingerprint density at radius 3 is 2.52 bits per heavy atom. The van der Waals surface area contributed by atoms with Gasteiger partial charge in [0.15, 0.2) is 0 Å². The molecule has 1 aliphatic carbocycles. The summed E-state index contributed by atoms with van der Waals surface area (Å²) in [4.78, 5) is 4.71. The van der Waals surface area contributed by atoms with E-state index in [2.05, 4.69) is 46.8 Å². The van der Waals surface area contributed by atoms with Gasteiger partial charge in [-0.3, -0.25) is 0 Å². The van der Waals surface area contributed by atoms with Gasteiger partial charge in [0.05, 0.1) is 5.03 Å². The maximum atomic E-state index is 6.03. The summed E-state index contributed by atoms with van der Waals surface area (Å²) in [6.07, 6.45) is 3.86. The van der Waals surface area contributed by atoms with Crippen LogP contribution in [0, 0.1) is 31.1 Å². The van der Waals surface area contributed by atoms with Crippen LogP contribution in [0.25, 0.3) is 0 Å².